The lowest BCUT2D eigenvalue weighted by atomic mass is 10.2. The first-order valence-electron chi connectivity index (χ1n) is 5.56. The highest BCUT2D eigenvalue weighted by Gasteiger charge is 2.11. The van der Waals surface area contributed by atoms with Crippen LogP contribution >= 0.6 is 0 Å². The molecule has 0 unspecified atom stereocenters. The van der Waals surface area contributed by atoms with E-state index in [9.17, 15) is 9.90 Å². The average Bonchev–Trinajstić information content (AvgIpc) is 2.57. The Morgan fingerprint density at radius 3 is 2.50 bits per heavy atom. The molecule has 86 valence electrons. The van der Waals surface area contributed by atoms with Gasteiger partial charge in [0.1, 0.15) is 11.5 Å². The predicted octanol–water partition coefficient (Wildman–Crippen LogP) is 0.220. The second-order valence-electron chi connectivity index (χ2n) is 3.95. The third-order valence-corrected chi connectivity index (χ3v) is 2.76. The zero-order valence-corrected chi connectivity index (χ0v) is 9.06. The van der Waals surface area contributed by atoms with Gasteiger partial charge in [0.25, 0.3) is 0 Å². The number of carbonyl (C=O) groups is 1. The minimum absolute atomic E-state index is 0.0956. The average molecular weight is 220 g/mol. The summed E-state index contributed by atoms with van der Waals surface area (Å²) in [5.74, 6) is -0.632. The molecule has 0 N–H and O–H groups in total. The van der Waals surface area contributed by atoms with Crippen LogP contribution in [0.5, 0.6) is 0 Å². The van der Waals surface area contributed by atoms with Crippen LogP contribution in [0, 0.1) is 0 Å². The number of nitrogens with zero attached hydrogens (tertiary/aromatic N) is 3. The zero-order valence-electron chi connectivity index (χ0n) is 9.06. The maximum atomic E-state index is 10.7. The minimum Gasteiger partial charge on any atom is -0.543 e. The third-order valence-electron chi connectivity index (χ3n) is 2.76. The number of rotatable bonds is 2. The Kier molecular flexibility index (Phi) is 3.34. The van der Waals surface area contributed by atoms with Crippen LogP contribution in [0.15, 0.2) is 12.4 Å². The summed E-state index contributed by atoms with van der Waals surface area (Å²) in [6, 6.07) is 0. The number of hydrogen-bond donors (Lipinski definition) is 0. The molecule has 0 aliphatic carbocycles. The molecule has 1 saturated heterocycles. The molecule has 1 fully saturated rings. The van der Waals surface area contributed by atoms with Gasteiger partial charge in [0.05, 0.1) is 18.4 Å². The van der Waals surface area contributed by atoms with Gasteiger partial charge < -0.3 is 14.8 Å². The Morgan fingerprint density at radius 1 is 1.19 bits per heavy atom. The fourth-order valence-electron chi connectivity index (χ4n) is 1.91. The summed E-state index contributed by atoms with van der Waals surface area (Å²) in [7, 11) is 0. The molecule has 0 aromatic carbocycles. The number of aromatic carboxylic acids is 1. The molecule has 1 aliphatic heterocycles. The Balaban J connectivity index is 2.18. The molecule has 1 aliphatic rings. The van der Waals surface area contributed by atoms with Crippen molar-refractivity contribution in [1.82, 2.24) is 9.97 Å². The van der Waals surface area contributed by atoms with Crippen LogP contribution in [-0.2, 0) is 0 Å². The van der Waals surface area contributed by atoms with Gasteiger partial charge in [0.2, 0.25) is 0 Å². The van der Waals surface area contributed by atoms with Crippen LogP contribution in [0.2, 0.25) is 0 Å². The molecule has 16 heavy (non-hydrogen) atoms. The van der Waals surface area contributed by atoms with Crippen LogP contribution < -0.4 is 10.0 Å². The fraction of sp³-hybridized carbons (Fsp3) is 0.545. The lowest BCUT2D eigenvalue weighted by Crippen LogP contribution is -2.28. The molecule has 5 heteroatoms. The van der Waals surface area contributed by atoms with Gasteiger partial charge in [-0.25, -0.2) is 4.98 Å². The first-order chi connectivity index (χ1) is 7.77. The Morgan fingerprint density at radius 2 is 1.88 bits per heavy atom. The molecule has 0 radical (unpaired) electrons. The molecule has 0 amide bonds. The van der Waals surface area contributed by atoms with E-state index in [-0.39, 0.29) is 5.69 Å². The molecule has 1 aromatic rings. The van der Waals surface area contributed by atoms with Crippen molar-refractivity contribution in [2.75, 3.05) is 18.0 Å². The summed E-state index contributed by atoms with van der Waals surface area (Å²) in [5.41, 5.74) is -0.0956. The molecule has 0 atom stereocenters. The Bertz CT molecular complexity index is 373. The minimum atomic E-state index is -1.27. The third kappa shape index (κ3) is 2.48. The molecule has 0 bridgehead atoms. The van der Waals surface area contributed by atoms with E-state index in [1.54, 1.807) is 6.20 Å². The van der Waals surface area contributed by atoms with Gasteiger partial charge in [-0.1, -0.05) is 12.8 Å². The molecule has 2 heterocycles. The molecule has 5 nitrogen and oxygen atoms in total. The molecule has 0 saturated carbocycles. The number of carboxylic acid groups (broad SMARTS) is 1. The van der Waals surface area contributed by atoms with Crippen molar-refractivity contribution in [2.45, 2.75) is 25.7 Å². The van der Waals surface area contributed by atoms with Crippen molar-refractivity contribution >= 4 is 11.8 Å². The molecule has 0 spiro atoms. The van der Waals surface area contributed by atoms with Crippen molar-refractivity contribution in [3.8, 4) is 0 Å². The van der Waals surface area contributed by atoms with Gasteiger partial charge in [-0.2, -0.15) is 0 Å². The summed E-state index contributed by atoms with van der Waals surface area (Å²) in [4.78, 5) is 20.7. The summed E-state index contributed by atoms with van der Waals surface area (Å²) < 4.78 is 0. The topological polar surface area (TPSA) is 69.2 Å². The summed E-state index contributed by atoms with van der Waals surface area (Å²) >= 11 is 0. The quantitative estimate of drug-likeness (QED) is 0.713. The standard InChI is InChI=1S/C11H15N3O2/c15-11(16)9-7-12-8-10(13-9)14-5-3-1-2-4-6-14/h7-8H,1-6H2,(H,15,16)/p-1. The first-order valence-corrected chi connectivity index (χ1v) is 5.56. The van der Waals surface area contributed by atoms with Crippen molar-refractivity contribution < 1.29 is 9.90 Å². The van der Waals surface area contributed by atoms with Gasteiger partial charge >= 0.3 is 0 Å². The number of carbonyl (C=O) groups excluding carboxylic acids is 1. The van der Waals surface area contributed by atoms with Crippen LogP contribution in [0.1, 0.15) is 36.2 Å². The normalized spacial score (nSPS) is 16.9. The van der Waals surface area contributed by atoms with Crippen LogP contribution in [0.25, 0.3) is 0 Å². The Labute approximate surface area is 94.1 Å². The highest BCUT2D eigenvalue weighted by Crippen LogP contribution is 2.16. The number of anilines is 1. The maximum Gasteiger partial charge on any atom is 0.147 e. The van der Waals surface area contributed by atoms with Gasteiger partial charge in [0, 0.05) is 13.1 Å². The van der Waals surface area contributed by atoms with E-state index in [0.29, 0.717) is 5.82 Å². The van der Waals surface area contributed by atoms with Crippen molar-refractivity contribution in [3.63, 3.8) is 0 Å². The molecular formula is C11H14N3O2-. The summed E-state index contributed by atoms with van der Waals surface area (Å²) in [6.45, 7) is 1.84. The first kappa shape index (κ1) is 10.9. The van der Waals surface area contributed by atoms with Gasteiger partial charge in [-0.3, -0.25) is 4.98 Å². The number of hydrogen-bond acceptors (Lipinski definition) is 5. The van der Waals surface area contributed by atoms with E-state index in [4.69, 9.17) is 0 Å². The van der Waals surface area contributed by atoms with Crippen LogP contribution in [0.3, 0.4) is 0 Å². The van der Waals surface area contributed by atoms with E-state index >= 15 is 0 Å². The van der Waals surface area contributed by atoms with E-state index in [1.165, 1.54) is 19.0 Å². The molecular weight excluding hydrogens is 206 g/mol. The van der Waals surface area contributed by atoms with Gasteiger partial charge in [-0.05, 0) is 12.8 Å². The van der Waals surface area contributed by atoms with E-state index < -0.39 is 5.97 Å². The fourth-order valence-corrected chi connectivity index (χ4v) is 1.91. The largest absolute Gasteiger partial charge is 0.543 e. The van der Waals surface area contributed by atoms with E-state index in [2.05, 4.69) is 14.9 Å². The van der Waals surface area contributed by atoms with Crippen LogP contribution in [-0.4, -0.2) is 29.0 Å². The van der Waals surface area contributed by atoms with Crippen LogP contribution in [0.4, 0.5) is 5.82 Å². The SMILES string of the molecule is O=C([O-])c1cncc(N2CCCCCC2)n1. The van der Waals surface area contributed by atoms with E-state index in [0.717, 1.165) is 25.9 Å². The molecule has 2 rings (SSSR count). The zero-order chi connectivity index (χ0) is 11.4. The van der Waals surface area contributed by atoms with Crippen molar-refractivity contribution in [1.29, 1.82) is 0 Å². The van der Waals surface area contributed by atoms with Crippen molar-refractivity contribution in [3.05, 3.63) is 18.1 Å². The number of aromatic nitrogens is 2. The second kappa shape index (κ2) is 4.92. The molecule has 1 aromatic heterocycles. The van der Waals surface area contributed by atoms with Gasteiger partial charge in [0.15, 0.2) is 0 Å². The van der Waals surface area contributed by atoms with Gasteiger partial charge in [-0.15, -0.1) is 0 Å². The lowest BCUT2D eigenvalue weighted by molar-refractivity contribution is -0.255. The number of carboxylic acids is 1. The smallest absolute Gasteiger partial charge is 0.147 e. The second-order valence-corrected chi connectivity index (χ2v) is 3.95. The predicted molar refractivity (Wildman–Crippen MR) is 57.0 cm³/mol. The lowest BCUT2D eigenvalue weighted by Gasteiger charge is -2.21. The highest BCUT2D eigenvalue weighted by molar-refractivity contribution is 5.83. The van der Waals surface area contributed by atoms with Crippen molar-refractivity contribution in [2.24, 2.45) is 0 Å². The maximum absolute atomic E-state index is 10.7. The summed E-state index contributed by atoms with van der Waals surface area (Å²) in [5, 5.41) is 10.7. The summed E-state index contributed by atoms with van der Waals surface area (Å²) in [6.07, 6.45) is 7.52. The van der Waals surface area contributed by atoms with E-state index in [1.807, 2.05) is 0 Å². The Hall–Kier alpha value is -1.65. The highest BCUT2D eigenvalue weighted by atomic mass is 16.4. The monoisotopic (exact) mass is 220 g/mol.